The van der Waals surface area contributed by atoms with E-state index in [9.17, 15) is 14.9 Å². The third-order valence-electron chi connectivity index (χ3n) is 6.60. The van der Waals surface area contributed by atoms with Gasteiger partial charge in [0.1, 0.15) is 24.3 Å². The predicted octanol–water partition coefficient (Wildman–Crippen LogP) is 6.26. The lowest BCUT2D eigenvalue weighted by Crippen LogP contribution is -2.42. The molecule has 8 nitrogen and oxygen atoms in total. The maximum Gasteiger partial charge on any atom is 0.272 e. The van der Waals surface area contributed by atoms with Crippen LogP contribution in [0.3, 0.4) is 0 Å². The molecule has 0 aromatic heterocycles. The number of carbonyl (C=O) groups is 1. The van der Waals surface area contributed by atoms with Gasteiger partial charge in [0, 0.05) is 29.4 Å². The number of para-hydroxylation sites is 1. The number of aryl methyl sites for hydroxylation is 1. The molecule has 0 unspecified atom stereocenters. The van der Waals surface area contributed by atoms with E-state index in [2.05, 4.69) is 5.32 Å². The fourth-order valence-corrected chi connectivity index (χ4v) is 4.66. The Morgan fingerprint density at radius 1 is 0.974 bits per heavy atom. The van der Waals surface area contributed by atoms with Gasteiger partial charge in [0.25, 0.3) is 11.6 Å². The number of benzene rings is 4. The van der Waals surface area contributed by atoms with E-state index in [1.165, 1.54) is 6.07 Å². The van der Waals surface area contributed by atoms with Crippen LogP contribution in [0.5, 0.6) is 11.5 Å². The smallest absolute Gasteiger partial charge is 0.272 e. The van der Waals surface area contributed by atoms with Crippen molar-refractivity contribution in [2.75, 3.05) is 12.4 Å². The van der Waals surface area contributed by atoms with Crippen molar-refractivity contribution >= 4 is 17.3 Å². The van der Waals surface area contributed by atoms with Gasteiger partial charge in [-0.15, -0.1) is 0 Å². The molecule has 1 aliphatic rings. The van der Waals surface area contributed by atoms with Gasteiger partial charge in [-0.2, -0.15) is 0 Å². The van der Waals surface area contributed by atoms with Gasteiger partial charge in [0.2, 0.25) is 0 Å². The molecule has 1 N–H and O–H groups in total. The fourth-order valence-electron chi connectivity index (χ4n) is 4.66. The van der Waals surface area contributed by atoms with Crippen molar-refractivity contribution in [3.05, 3.63) is 129 Å². The lowest BCUT2D eigenvalue weighted by molar-refractivity contribution is -0.385. The lowest BCUT2D eigenvalue weighted by atomic mass is 10.0. The summed E-state index contributed by atoms with van der Waals surface area (Å²) in [5, 5.41) is 14.7. The minimum atomic E-state index is -0.413. The summed E-state index contributed by atoms with van der Waals surface area (Å²) in [5.41, 5.74) is 4.67. The number of nitrogens with one attached hydrogen (secondary N) is 1. The van der Waals surface area contributed by atoms with E-state index in [0.29, 0.717) is 29.2 Å². The van der Waals surface area contributed by atoms with Gasteiger partial charge in [0.05, 0.1) is 17.6 Å². The van der Waals surface area contributed by atoms with Gasteiger partial charge in [0.15, 0.2) is 0 Å². The van der Waals surface area contributed by atoms with Crippen LogP contribution in [-0.4, -0.2) is 22.8 Å². The Balaban J connectivity index is 1.46. The second-order valence-electron chi connectivity index (χ2n) is 9.08. The number of methoxy groups -OCH3 is 1. The molecule has 38 heavy (non-hydrogen) atoms. The summed E-state index contributed by atoms with van der Waals surface area (Å²) in [5.74, 6) is 1.11. The van der Waals surface area contributed by atoms with Crippen LogP contribution in [0.25, 0.3) is 0 Å². The predicted molar refractivity (Wildman–Crippen MR) is 144 cm³/mol. The van der Waals surface area contributed by atoms with E-state index >= 15 is 0 Å². The van der Waals surface area contributed by atoms with Crippen LogP contribution in [0.15, 0.2) is 91.0 Å². The molecule has 8 heteroatoms. The van der Waals surface area contributed by atoms with Crippen molar-refractivity contribution in [2.45, 2.75) is 26.2 Å². The number of carbonyl (C=O) groups excluding carboxylic acids is 1. The summed E-state index contributed by atoms with van der Waals surface area (Å²) in [6, 6.07) is 27.8. The molecular formula is C30H27N3O5. The number of ether oxygens (including phenoxy) is 2. The van der Waals surface area contributed by atoms with Crippen LogP contribution in [0.4, 0.5) is 11.4 Å². The van der Waals surface area contributed by atoms with Crippen molar-refractivity contribution in [1.29, 1.82) is 0 Å². The van der Waals surface area contributed by atoms with Gasteiger partial charge >= 0.3 is 0 Å². The van der Waals surface area contributed by atoms with E-state index in [1.54, 1.807) is 26.2 Å². The average molecular weight is 510 g/mol. The minimum Gasteiger partial charge on any atom is -0.496 e. The summed E-state index contributed by atoms with van der Waals surface area (Å²) < 4.78 is 11.6. The Morgan fingerprint density at radius 2 is 1.74 bits per heavy atom. The standard InChI is InChI=1S/C30H27N3O5/c1-20-16-24(13-14-27(20)33(35)36)38-19-23-17-22(12-15-28(23)37-2)29-31-26-11-7-6-10-25(26)30(34)32(29)18-21-8-4-3-5-9-21/h3-17,29,31H,18-19H2,1-2H3/t29-/m0/s1. The molecule has 5 rings (SSSR count). The first kappa shape index (κ1) is 24.8. The molecule has 4 aromatic rings. The first-order valence-corrected chi connectivity index (χ1v) is 12.2. The number of amides is 1. The third-order valence-corrected chi connectivity index (χ3v) is 6.60. The van der Waals surface area contributed by atoms with E-state index in [0.717, 1.165) is 22.4 Å². The first-order valence-electron chi connectivity index (χ1n) is 12.2. The molecule has 0 aliphatic carbocycles. The second-order valence-corrected chi connectivity index (χ2v) is 9.08. The highest BCUT2D eigenvalue weighted by atomic mass is 16.6. The lowest BCUT2D eigenvalue weighted by Gasteiger charge is -2.38. The third kappa shape index (κ3) is 5.01. The number of hydrogen-bond donors (Lipinski definition) is 1. The summed E-state index contributed by atoms with van der Waals surface area (Å²) in [7, 11) is 1.59. The van der Waals surface area contributed by atoms with Gasteiger partial charge in [-0.3, -0.25) is 14.9 Å². The van der Waals surface area contributed by atoms with Crippen molar-refractivity contribution in [3.8, 4) is 11.5 Å². The topological polar surface area (TPSA) is 93.9 Å². The van der Waals surface area contributed by atoms with Crippen molar-refractivity contribution in [2.24, 2.45) is 0 Å². The van der Waals surface area contributed by atoms with Gasteiger partial charge in [-0.1, -0.05) is 48.5 Å². The molecule has 0 radical (unpaired) electrons. The highest BCUT2D eigenvalue weighted by molar-refractivity contribution is 6.01. The zero-order valence-electron chi connectivity index (χ0n) is 21.1. The first-order chi connectivity index (χ1) is 18.4. The van der Waals surface area contributed by atoms with Gasteiger partial charge < -0.3 is 19.7 Å². The summed E-state index contributed by atoms with van der Waals surface area (Å²) >= 11 is 0. The Bertz CT molecular complexity index is 1490. The minimum absolute atomic E-state index is 0.0451. The van der Waals surface area contributed by atoms with Crippen LogP contribution >= 0.6 is 0 Å². The molecule has 1 heterocycles. The van der Waals surface area contributed by atoms with Crippen LogP contribution in [-0.2, 0) is 13.2 Å². The zero-order chi connectivity index (χ0) is 26.6. The van der Waals surface area contributed by atoms with Gasteiger partial charge in [-0.25, -0.2) is 0 Å². The SMILES string of the molecule is COc1ccc([C@H]2Nc3ccccc3C(=O)N2Cc2ccccc2)cc1COc1ccc([N+](=O)[O-])c(C)c1. The summed E-state index contributed by atoms with van der Waals surface area (Å²) in [4.78, 5) is 26.2. The summed E-state index contributed by atoms with van der Waals surface area (Å²) in [6.45, 7) is 2.30. The maximum absolute atomic E-state index is 13.6. The Hall–Kier alpha value is -4.85. The molecule has 1 atom stereocenters. The van der Waals surface area contributed by atoms with E-state index < -0.39 is 11.1 Å². The van der Waals surface area contributed by atoms with E-state index in [-0.39, 0.29) is 18.2 Å². The average Bonchev–Trinajstić information content (AvgIpc) is 2.93. The maximum atomic E-state index is 13.6. The monoisotopic (exact) mass is 509 g/mol. The number of nitrogens with zero attached hydrogens (tertiary/aromatic N) is 2. The fraction of sp³-hybridized carbons (Fsp3) is 0.167. The molecule has 1 amide bonds. The number of hydrogen-bond acceptors (Lipinski definition) is 6. The molecule has 0 saturated carbocycles. The molecule has 0 saturated heterocycles. The molecule has 0 bridgehead atoms. The van der Waals surface area contributed by atoms with Crippen LogP contribution < -0.4 is 14.8 Å². The van der Waals surface area contributed by atoms with E-state index in [1.807, 2.05) is 77.7 Å². The Morgan fingerprint density at radius 3 is 2.47 bits per heavy atom. The largest absolute Gasteiger partial charge is 0.496 e. The number of rotatable bonds is 8. The highest BCUT2D eigenvalue weighted by Crippen LogP contribution is 2.36. The van der Waals surface area contributed by atoms with Crippen LogP contribution in [0.2, 0.25) is 0 Å². The number of nitro benzene ring substituents is 1. The van der Waals surface area contributed by atoms with Crippen LogP contribution in [0, 0.1) is 17.0 Å². The number of fused-ring (bicyclic) bond motifs is 1. The Labute approximate surface area is 220 Å². The summed E-state index contributed by atoms with van der Waals surface area (Å²) in [6.07, 6.45) is -0.413. The van der Waals surface area contributed by atoms with Crippen LogP contribution in [0.1, 0.15) is 38.8 Å². The van der Waals surface area contributed by atoms with Crippen molar-refractivity contribution in [1.82, 2.24) is 4.90 Å². The molecule has 0 spiro atoms. The van der Waals surface area contributed by atoms with Crippen molar-refractivity contribution in [3.63, 3.8) is 0 Å². The molecular weight excluding hydrogens is 482 g/mol. The normalized spacial score (nSPS) is 14.4. The second kappa shape index (κ2) is 10.6. The molecule has 0 fully saturated rings. The quantitative estimate of drug-likeness (QED) is 0.223. The van der Waals surface area contributed by atoms with Gasteiger partial charge in [-0.05, 0) is 54.4 Å². The molecule has 4 aromatic carbocycles. The van der Waals surface area contributed by atoms with E-state index in [4.69, 9.17) is 9.47 Å². The van der Waals surface area contributed by atoms with Crippen molar-refractivity contribution < 1.29 is 19.2 Å². The number of nitro groups is 1. The Kier molecular flexibility index (Phi) is 6.95. The molecule has 1 aliphatic heterocycles. The highest BCUT2D eigenvalue weighted by Gasteiger charge is 2.33. The number of anilines is 1. The molecule has 192 valence electrons. The zero-order valence-corrected chi connectivity index (χ0v) is 21.1.